The maximum Gasteiger partial charge on any atom is 0.0621 e. The minimum Gasteiger partial charge on any atom is -0.356 e. The lowest BCUT2D eigenvalue weighted by molar-refractivity contribution is 0.600. The van der Waals surface area contributed by atoms with Gasteiger partial charge < -0.3 is 39.9 Å². The van der Waals surface area contributed by atoms with Crippen LogP contribution in [0.4, 0.5) is 0 Å². The van der Waals surface area contributed by atoms with Crippen molar-refractivity contribution < 1.29 is 0 Å². The largest absolute Gasteiger partial charge is 0.356 e. The highest BCUT2D eigenvalue weighted by molar-refractivity contribution is 5.63. The second-order valence-corrected chi connectivity index (χ2v) is 16.8. The van der Waals surface area contributed by atoms with Gasteiger partial charge in [0.1, 0.15) is 0 Å². The van der Waals surface area contributed by atoms with E-state index in [0.717, 1.165) is 91.1 Å². The van der Waals surface area contributed by atoms with Crippen LogP contribution in [0.3, 0.4) is 0 Å². The van der Waals surface area contributed by atoms with Crippen LogP contribution in [0, 0.1) is 0 Å². The summed E-state index contributed by atoms with van der Waals surface area (Å²) in [7, 11) is 0. The lowest BCUT2D eigenvalue weighted by Crippen LogP contribution is -2.20. The number of hydrogen-bond acceptors (Lipinski definition) is 0. The number of aromatic nitrogens is 8. The molecular formula is C44H48N8. The molecule has 8 nitrogen and oxygen atoms in total. The molecule has 0 atom stereocenters. The molecule has 52 heavy (non-hydrogen) atoms. The summed E-state index contributed by atoms with van der Waals surface area (Å²) in [5.74, 6) is 0. The number of H-pyrrole nitrogens is 8. The van der Waals surface area contributed by atoms with Crippen molar-refractivity contribution in [2.24, 2.45) is 0 Å². The first-order valence-corrected chi connectivity index (χ1v) is 18.3. The fourth-order valence-corrected chi connectivity index (χ4v) is 7.91. The van der Waals surface area contributed by atoms with Gasteiger partial charge in [-0.2, -0.15) is 0 Å². The quantitative estimate of drug-likeness (QED) is 0.0772. The molecular weight excluding hydrogens is 641 g/mol. The molecule has 0 saturated heterocycles. The Morgan fingerprint density at radius 2 is 0.327 bits per heavy atom. The van der Waals surface area contributed by atoms with Gasteiger partial charge in [-0.05, 0) is 152 Å². The smallest absolute Gasteiger partial charge is 0.0621 e. The molecule has 8 N–H and O–H groups in total. The number of nitrogens with one attached hydrogen (secondary N) is 8. The zero-order valence-corrected chi connectivity index (χ0v) is 31.2. The molecule has 16 bridgehead atoms. The first-order valence-electron chi connectivity index (χ1n) is 18.3. The molecule has 0 fully saturated rings. The van der Waals surface area contributed by atoms with Gasteiger partial charge in [0.05, 0.1) is 45.6 Å². The normalized spacial score (nSPS) is 17.1. The first-order chi connectivity index (χ1) is 24.7. The molecule has 9 rings (SSSR count). The van der Waals surface area contributed by atoms with Crippen LogP contribution in [0.1, 0.15) is 101 Å². The van der Waals surface area contributed by atoms with E-state index in [2.05, 4.69) is 192 Å². The van der Waals surface area contributed by atoms with Gasteiger partial charge in [0.25, 0.3) is 0 Å². The molecule has 0 spiro atoms. The second kappa shape index (κ2) is 10.9. The standard InChI is InChI=1S/C44H48N8/c1-41(2)33-17-9-25(45-33)27-11-19-35(47-27)42(3,4)37-21-13-29(49-37)31-15-23-39(51-31)44(7,8)40-24-16-32(52-40)30-14-22-38(50-30)43(5,6)36-20-12-28(48-36)26-10-18-34(41)46-26/h9-24,45-52H,1-8H3. The number of fused-ring (bicyclic) bond motifs is 20. The van der Waals surface area contributed by atoms with E-state index in [1.807, 2.05) is 0 Å². The molecule has 9 heterocycles. The van der Waals surface area contributed by atoms with Gasteiger partial charge >= 0.3 is 0 Å². The highest BCUT2D eigenvalue weighted by Crippen LogP contribution is 2.39. The van der Waals surface area contributed by atoms with E-state index in [-0.39, 0.29) is 21.7 Å². The van der Waals surface area contributed by atoms with Crippen molar-refractivity contribution in [2.75, 3.05) is 0 Å². The van der Waals surface area contributed by atoms with Gasteiger partial charge in [-0.3, -0.25) is 0 Å². The van der Waals surface area contributed by atoms with Crippen molar-refractivity contribution in [3.63, 3.8) is 0 Å². The molecule has 0 aliphatic carbocycles. The van der Waals surface area contributed by atoms with Gasteiger partial charge in [0, 0.05) is 67.2 Å². The number of rotatable bonds is 0. The van der Waals surface area contributed by atoms with E-state index in [1.165, 1.54) is 0 Å². The van der Waals surface area contributed by atoms with Crippen molar-refractivity contribution in [1.29, 1.82) is 0 Å². The fourth-order valence-electron chi connectivity index (χ4n) is 7.91. The summed E-state index contributed by atoms with van der Waals surface area (Å²) < 4.78 is 0. The zero-order valence-electron chi connectivity index (χ0n) is 31.2. The first kappa shape index (κ1) is 32.2. The Labute approximate surface area is 304 Å². The van der Waals surface area contributed by atoms with Crippen molar-refractivity contribution in [2.45, 2.75) is 77.0 Å². The van der Waals surface area contributed by atoms with Crippen molar-refractivity contribution in [3.8, 4) is 45.6 Å². The lowest BCUT2D eigenvalue weighted by Gasteiger charge is -2.23. The molecule has 0 amide bonds. The summed E-state index contributed by atoms with van der Waals surface area (Å²) in [6.07, 6.45) is 0. The molecule has 0 saturated carbocycles. The van der Waals surface area contributed by atoms with Crippen molar-refractivity contribution >= 4 is 0 Å². The van der Waals surface area contributed by atoms with Crippen LogP contribution in [0.15, 0.2) is 97.1 Å². The van der Waals surface area contributed by atoms with Crippen LogP contribution in [0.2, 0.25) is 0 Å². The van der Waals surface area contributed by atoms with Crippen molar-refractivity contribution in [3.05, 3.63) is 143 Å². The Morgan fingerprint density at radius 1 is 0.212 bits per heavy atom. The summed E-state index contributed by atoms with van der Waals surface area (Å²) in [5.41, 5.74) is 16.6. The minimum atomic E-state index is -0.270. The Balaban J connectivity index is 1.14. The summed E-state index contributed by atoms with van der Waals surface area (Å²) in [4.78, 5) is 29.9. The SMILES string of the molecule is CC1(C)c2ccc([nH]2)-c2ccc([nH]2)C(C)(C)c2ccc([nH]2)-c2ccc([nH]2)C(C)(C)c2ccc([nH]2)-c2ccc([nH]2)C(C)(C)c2ccc([nH]2)-c2ccc1[nH]2. The van der Waals surface area contributed by atoms with Gasteiger partial charge in [0.15, 0.2) is 0 Å². The van der Waals surface area contributed by atoms with Crippen LogP contribution in [-0.4, -0.2) is 39.9 Å². The zero-order chi connectivity index (χ0) is 36.2. The Morgan fingerprint density at radius 3 is 0.442 bits per heavy atom. The van der Waals surface area contributed by atoms with Crippen LogP contribution in [0.5, 0.6) is 0 Å². The molecule has 264 valence electrons. The molecule has 8 heteroatoms. The number of hydrogen-bond donors (Lipinski definition) is 8. The minimum absolute atomic E-state index is 0.270. The van der Waals surface area contributed by atoms with Crippen LogP contribution < -0.4 is 0 Å². The predicted molar refractivity (Wildman–Crippen MR) is 211 cm³/mol. The van der Waals surface area contributed by atoms with Gasteiger partial charge in [-0.1, -0.05) is 0 Å². The monoisotopic (exact) mass is 688 g/mol. The van der Waals surface area contributed by atoms with Crippen LogP contribution in [-0.2, 0) is 21.7 Å². The second-order valence-electron chi connectivity index (χ2n) is 16.8. The third-order valence-electron chi connectivity index (χ3n) is 12.0. The van der Waals surface area contributed by atoms with Crippen LogP contribution >= 0.6 is 0 Å². The Bertz CT molecular complexity index is 2020. The molecule has 8 aromatic heterocycles. The third kappa shape index (κ3) is 4.88. The Kier molecular flexibility index (Phi) is 6.73. The van der Waals surface area contributed by atoms with Crippen LogP contribution in [0.25, 0.3) is 45.6 Å². The van der Waals surface area contributed by atoms with E-state index in [1.54, 1.807) is 0 Å². The van der Waals surface area contributed by atoms with E-state index >= 15 is 0 Å². The predicted octanol–water partition coefficient (Wildman–Crippen LogP) is 10.6. The van der Waals surface area contributed by atoms with E-state index in [0.29, 0.717) is 0 Å². The summed E-state index contributed by atoms with van der Waals surface area (Å²) >= 11 is 0. The molecule has 1 aliphatic rings. The maximum atomic E-state index is 3.74. The van der Waals surface area contributed by atoms with E-state index in [9.17, 15) is 0 Å². The van der Waals surface area contributed by atoms with E-state index in [4.69, 9.17) is 0 Å². The molecule has 0 radical (unpaired) electrons. The lowest BCUT2D eigenvalue weighted by atomic mass is 9.86. The molecule has 0 unspecified atom stereocenters. The molecule has 1 aliphatic heterocycles. The van der Waals surface area contributed by atoms with Gasteiger partial charge in [-0.15, -0.1) is 0 Å². The Hall–Kier alpha value is -5.76. The average molecular weight is 689 g/mol. The average Bonchev–Trinajstić information content (AvgIpc) is 3.95. The third-order valence-corrected chi connectivity index (χ3v) is 12.0. The summed E-state index contributed by atoms with van der Waals surface area (Å²) in [6, 6.07) is 35.1. The van der Waals surface area contributed by atoms with E-state index < -0.39 is 0 Å². The van der Waals surface area contributed by atoms with Crippen molar-refractivity contribution in [1.82, 2.24) is 39.9 Å². The fraction of sp³-hybridized carbons (Fsp3) is 0.273. The topological polar surface area (TPSA) is 126 Å². The summed E-state index contributed by atoms with van der Waals surface area (Å²) in [5, 5.41) is 0. The molecule has 0 aromatic carbocycles. The summed E-state index contributed by atoms with van der Waals surface area (Å²) in [6.45, 7) is 18.1. The number of aromatic amines is 8. The van der Waals surface area contributed by atoms with Gasteiger partial charge in [0.2, 0.25) is 0 Å². The maximum absolute atomic E-state index is 3.74. The molecule has 8 aromatic rings. The highest BCUT2D eigenvalue weighted by atomic mass is 14.9. The van der Waals surface area contributed by atoms with Gasteiger partial charge in [-0.25, -0.2) is 0 Å². The highest BCUT2D eigenvalue weighted by Gasteiger charge is 2.32.